The van der Waals surface area contributed by atoms with E-state index in [1.165, 1.54) is 0 Å². The number of carbonyl (C=O) groups is 1. The highest BCUT2D eigenvalue weighted by atomic mass is 16.6. The molecule has 2 heterocycles. The molecule has 1 amide bonds. The summed E-state index contributed by atoms with van der Waals surface area (Å²) in [7, 11) is 0. The largest absolute Gasteiger partial charge is 0.444 e. The first kappa shape index (κ1) is 14.8. The van der Waals surface area contributed by atoms with Crippen LogP contribution < -0.4 is 0 Å². The van der Waals surface area contributed by atoms with Gasteiger partial charge in [-0.25, -0.2) is 4.79 Å². The van der Waals surface area contributed by atoms with Crippen LogP contribution in [0.5, 0.6) is 0 Å². The zero-order chi connectivity index (χ0) is 15.9. The lowest BCUT2D eigenvalue weighted by Gasteiger charge is -2.27. The Morgan fingerprint density at radius 3 is 2.82 bits per heavy atom. The molecule has 1 aliphatic heterocycles. The monoisotopic (exact) mass is 300 g/mol. The number of carbonyl (C=O) groups excluding carboxylic acids is 1. The first-order valence-electron chi connectivity index (χ1n) is 7.38. The molecule has 1 aromatic heterocycles. The Balaban J connectivity index is 1.96. The highest BCUT2D eigenvalue weighted by molar-refractivity contribution is 5.80. The molecule has 1 N–H and O–H groups in total. The van der Waals surface area contributed by atoms with E-state index in [0.717, 1.165) is 22.2 Å². The van der Waals surface area contributed by atoms with E-state index in [4.69, 9.17) is 4.74 Å². The molecule has 2 aromatic rings. The Hall–Kier alpha value is -2.14. The third-order valence-corrected chi connectivity index (χ3v) is 3.67. The van der Waals surface area contributed by atoms with Crippen LogP contribution in [0.25, 0.3) is 10.9 Å². The number of aromatic nitrogens is 1. The maximum absolute atomic E-state index is 12.4. The minimum atomic E-state index is -0.565. The van der Waals surface area contributed by atoms with E-state index in [-0.39, 0.29) is 6.61 Å². The zero-order valence-corrected chi connectivity index (χ0v) is 13.0. The number of nitrogens with zero attached hydrogens (tertiary/aromatic N) is 2. The van der Waals surface area contributed by atoms with Crippen LogP contribution in [0.4, 0.5) is 4.79 Å². The van der Waals surface area contributed by atoms with Crippen LogP contribution in [0.2, 0.25) is 0 Å². The van der Waals surface area contributed by atoms with Crippen LogP contribution in [-0.4, -0.2) is 33.3 Å². The second kappa shape index (κ2) is 5.25. The third-order valence-electron chi connectivity index (χ3n) is 3.67. The normalized spacial score (nSPS) is 17.6. The molecule has 1 aliphatic rings. The molecule has 116 valence electrons. The van der Waals surface area contributed by atoms with Crippen molar-refractivity contribution in [1.29, 1.82) is 0 Å². The van der Waals surface area contributed by atoms with Crippen molar-refractivity contribution in [2.75, 3.05) is 6.61 Å². The number of benzene rings is 1. The number of hydrogen-bond acceptors (Lipinski definition) is 4. The smallest absolute Gasteiger partial charge is 0.411 e. The average molecular weight is 300 g/mol. The first-order valence-corrected chi connectivity index (χ1v) is 7.38. The maximum Gasteiger partial charge on any atom is 0.411 e. The van der Waals surface area contributed by atoms with Gasteiger partial charge >= 0.3 is 6.09 Å². The molecule has 0 unspecified atom stereocenters. The second-order valence-corrected chi connectivity index (χ2v) is 6.53. The predicted octanol–water partition coefficient (Wildman–Crippen LogP) is 3.02. The lowest BCUT2D eigenvalue weighted by atomic mass is 10.1. The van der Waals surface area contributed by atoms with Crippen LogP contribution in [0.3, 0.4) is 0 Å². The zero-order valence-electron chi connectivity index (χ0n) is 13.0. The standard InChI is InChI=1S/C17H20N2O3/c1-17(2,3)22-16(21)19-9-12-8-11-6-4-5-7-13(11)18-15(12)14(19)10-20/h4-8,14,20H,9-10H2,1-3H3/t14-/m0/s1. The summed E-state index contributed by atoms with van der Waals surface area (Å²) in [6.07, 6.45) is -0.423. The lowest BCUT2D eigenvalue weighted by molar-refractivity contribution is 0.0107. The van der Waals surface area contributed by atoms with Crippen LogP contribution in [0, 0.1) is 0 Å². The van der Waals surface area contributed by atoms with E-state index in [2.05, 4.69) is 4.98 Å². The summed E-state index contributed by atoms with van der Waals surface area (Å²) in [5.74, 6) is 0. The van der Waals surface area contributed by atoms with Crippen molar-refractivity contribution in [3.05, 3.63) is 41.6 Å². The van der Waals surface area contributed by atoms with E-state index in [0.29, 0.717) is 6.54 Å². The minimum Gasteiger partial charge on any atom is -0.444 e. The van der Waals surface area contributed by atoms with Gasteiger partial charge in [-0.3, -0.25) is 9.88 Å². The number of fused-ring (bicyclic) bond motifs is 2. The highest BCUT2D eigenvalue weighted by Crippen LogP contribution is 2.34. The van der Waals surface area contributed by atoms with E-state index in [1.807, 2.05) is 51.1 Å². The molecule has 0 radical (unpaired) electrons. The SMILES string of the molecule is CC(C)(C)OC(=O)N1Cc2cc3ccccc3nc2[C@@H]1CO. The maximum atomic E-state index is 12.4. The molecule has 0 aliphatic carbocycles. The molecule has 0 saturated heterocycles. The summed E-state index contributed by atoms with van der Waals surface area (Å²) in [6.45, 7) is 5.72. The van der Waals surface area contributed by atoms with E-state index in [1.54, 1.807) is 4.90 Å². The highest BCUT2D eigenvalue weighted by Gasteiger charge is 2.37. The van der Waals surface area contributed by atoms with Crippen LogP contribution in [0.1, 0.15) is 38.1 Å². The van der Waals surface area contributed by atoms with Gasteiger partial charge in [0.2, 0.25) is 0 Å². The summed E-state index contributed by atoms with van der Waals surface area (Å²) in [5, 5.41) is 10.7. The van der Waals surface area contributed by atoms with Gasteiger partial charge in [0.05, 0.1) is 24.4 Å². The molecule has 0 spiro atoms. The fourth-order valence-electron chi connectivity index (χ4n) is 2.73. The number of hydrogen-bond donors (Lipinski definition) is 1. The number of rotatable bonds is 1. The molecule has 1 atom stereocenters. The van der Waals surface area contributed by atoms with Gasteiger partial charge in [0.25, 0.3) is 0 Å². The predicted molar refractivity (Wildman–Crippen MR) is 83.3 cm³/mol. The van der Waals surface area contributed by atoms with Gasteiger partial charge in [0.15, 0.2) is 0 Å². The van der Waals surface area contributed by atoms with Gasteiger partial charge in [-0.15, -0.1) is 0 Å². The van der Waals surface area contributed by atoms with Gasteiger partial charge in [0.1, 0.15) is 11.6 Å². The summed E-state index contributed by atoms with van der Waals surface area (Å²) in [5.41, 5.74) is 2.02. The number of aliphatic hydroxyl groups is 1. The summed E-state index contributed by atoms with van der Waals surface area (Å²) in [4.78, 5) is 18.5. The topological polar surface area (TPSA) is 62.7 Å². The van der Waals surface area contributed by atoms with Crippen LogP contribution in [0.15, 0.2) is 30.3 Å². The van der Waals surface area contributed by atoms with Crippen molar-refractivity contribution in [3.63, 3.8) is 0 Å². The Bertz CT molecular complexity index is 721. The average Bonchev–Trinajstić information content (AvgIpc) is 2.80. The fourth-order valence-corrected chi connectivity index (χ4v) is 2.73. The molecule has 1 aromatic carbocycles. The molecule has 22 heavy (non-hydrogen) atoms. The number of ether oxygens (including phenoxy) is 1. The molecule has 0 saturated carbocycles. The van der Waals surface area contributed by atoms with E-state index >= 15 is 0 Å². The van der Waals surface area contributed by atoms with E-state index < -0.39 is 17.7 Å². The summed E-state index contributed by atoms with van der Waals surface area (Å²) >= 11 is 0. The van der Waals surface area contributed by atoms with Gasteiger partial charge < -0.3 is 9.84 Å². The van der Waals surface area contributed by atoms with Crippen LogP contribution >= 0.6 is 0 Å². The van der Waals surface area contributed by atoms with Crippen molar-refractivity contribution < 1.29 is 14.6 Å². The van der Waals surface area contributed by atoms with Crippen LogP contribution in [-0.2, 0) is 11.3 Å². The lowest BCUT2D eigenvalue weighted by Crippen LogP contribution is -2.36. The Morgan fingerprint density at radius 1 is 1.41 bits per heavy atom. The molecule has 5 nitrogen and oxygen atoms in total. The van der Waals surface area contributed by atoms with Crippen molar-refractivity contribution >= 4 is 17.0 Å². The van der Waals surface area contributed by atoms with Gasteiger partial charge in [-0.1, -0.05) is 18.2 Å². The Morgan fingerprint density at radius 2 is 2.14 bits per heavy atom. The number of para-hydroxylation sites is 1. The Kier molecular flexibility index (Phi) is 3.53. The van der Waals surface area contributed by atoms with Gasteiger partial charge in [-0.05, 0) is 38.5 Å². The van der Waals surface area contributed by atoms with Gasteiger partial charge in [-0.2, -0.15) is 0 Å². The number of aliphatic hydroxyl groups excluding tert-OH is 1. The molecular formula is C17H20N2O3. The third kappa shape index (κ3) is 2.64. The van der Waals surface area contributed by atoms with Crippen molar-refractivity contribution in [1.82, 2.24) is 9.88 Å². The second-order valence-electron chi connectivity index (χ2n) is 6.53. The quantitative estimate of drug-likeness (QED) is 0.879. The fraction of sp³-hybridized carbons (Fsp3) is 0.412. The minimum absolute atomic E-state index is 0.169. The number of amides is 1. The summed E-state index contributed by atoms with van der Waals surface area (Å²) in [6, 6.07) is 9.39. The molecule has 0 bridgehead atoms. The Labute approximate surface area is 129 Å². The van der Waals surface area contributed by atoms with Crippen molar-refractivity contribution in [3.8, 4) is 0 Å². The number of pyridine rings is 1. The molecular weight excluding hydrogens is 280 g/mol. The van der Waals surface area contributed by atoms with Crippen molar-refractivity contribution in [2.45, 2.75) is 39.0 Å². The van der Waals surface area contributed by atoms with Gasteiger partial charge in [0, 0.05) is 5.39 Å². The summed E-state index contributed by atoms with van der Waals surface area (Å²) < 4.78 is 5.43. The van der Waals surface area contributed by atoms with E-state index in [9.17, 15) is 9.90 Å². The first-order chi connectivity index (χ1) is 10.4. The van der Waals surface area contributed by atoms with Crippen molar-refractivity contribution in [2.24, 2.45) is 0 Å². The molecule has 0 fully saturated rings. The molecule has 5 heteroatoms. The molecule has 3 rings (SSSR count).